The van der Waals surface area contributed by atoms with E-state index < -0.39 is 0 Å². The maximum atomic E-state index is 4.52. The van der Waals surface area contributed by atoms with Gasteiger partial charge < -0.3 is 4.90 Å². The van der Waals surface area contributed by atoms with Crippen LogP contribution in [0.4, 0.5) is 17.1 Å². The van der Waals surface area contributed by atoms with E-state index in [1.165, 1.54) is 43.8 Å². The van der Waals surface area contributed by atoms with E-state index in [9.17, 15) is 0 Å². The molecule has 0 saturated carbocycles. The molecule has 1 aromatic heterocycles. The summed E-state index contributed by atoms with van der Waals surface area (Å²) in [6.07, 6.45) is 3.58. The third-order valence-electron chi connectivity index (χ3n) is 8.72. The van der Waals surface area contributed by atoms with Crippen molar-refractivity contribution in [2.75, 3.05) is 4.90 Å². The van der Waals surface area contributed by atoms with Crippen LogP contribution in [0, 0.1) is 0 Å². The van der Waals surface area contributed by atoms with Gasteiger partial charge in [-0.2, -0.15) is 0 Å². The minimum Gasteiger partial charge on any atom is -0.310 e. The van der Waals surface area contributed by atoms with E-state index in [1.54, 1.807) is 12.4 Å². The van der Waals surface area contributed by atoms with Crippen LogP contribution < -0.4 is 4.90 Å². The van der Waals surface area contributed by atoms with Crippen LogP contribution in [-0.2, 0) is 5.41 Å². The molecule has 0 atom stereocenters. The number of nitrogens with zero attached hydrogens (tertiary/aromatic N) is 3. The SMILES string of the molecule is CC1(C)c2ccccc2-c2cc3ccc4cccc(N(c5ccccc5)c5cccc(-c6ncccn6)c5)c4c3cc21. The van der Waals surface area contributed by atoms with E-state index in [0.717, 1.165) is 22.6 Å². The first-order chi connectivity index (χ1) is 20.6. The number of anilines is 3. The standard InChI is InChI=1S/C39H29N3/c1-39(2)34-17-7-6-16-31(34)33-24-27-20-19-26-11-9-18-36(37(26)32(27)25-35(33)39)42(29-13-4-3-5-14-29)30-15-8-12-28(23-30)38-40-21-10-22-41-38/h3-25H,1-2H3. The first kappa shape index (κ1) is 24.5. The van der Waals surface area contributed by atoms with Crippen molar-refractivity contribution in [1.82, 2.24) is 9.97 Å². The van der Waals surface area contributed by atoms with Gasteiger partial charge >= 0.3 is 0 Å². The van der Waals surface area contributed by atoms with Crippen molar-refractivity contribution in [2.45, 2.75) is 19.3 Å². The summed E-state index contributed by atoms with van der Waals surface area (Å²) >= 11 is 0. The maximum absolute atomic E-state index is 4.52. The summed E-state index contributed by atoms with van der Waals surface area (Å²) < 4.78 is 0. The Morgan fingerprint density at radius 3 is 2.14 bits per heavy atom. The van der Waals surface area contributed by atoms with Crippen molar-refractivity contribution in [3.05, 3.63) is 151 Å². The van der Waals surface area contributed by atoms with Crippen LogP contribution in [0.1, 0.15) is 25.0 Å². The second kappa shape index (κ2) is 9.39. The molecule has 3 nitrogen and oxygen atoms in total. The lowest BCUT2D eigenvalue weighted by Crippen LogP contribution is -2.15. The predicted molar refractivity (Wildman–Crippen MR) is 175 cm³/mol. The topological polar surface area (TPSA) is 29.0 Å². The average molecular weight is 540 g/mol. The van der Waals surface area contributed by atoms with Gasteiger partial charge in [-0.05, 0) is 86.9 Å². The molecule has 1 aliphatic carbocycles. The van der Waals surface area contributed by atoms with Crippen molar-refractivity contribution in [1.29, 1.82) is 0 Å². The molecular formula is C39H29N3. The highest BCUT2D eigenvalue weighted by Crippen LogP contribution is 2.51. The Bertz CT molecular complexity index is 2110. The molecule has 0 saturated heterocycles. The number of rotatable bonds is 4. The molecule has 0 radical (unpaired) electrons. The maximum Gasteiger partial charge on any atom is 0.159 e. The lowest BCUT2D eigenvalue weighted by atomic mass is 9.81. The van der Waals surface area contributed by atoms with Crippen molar-refractivity contribution < 1.29 is 0 Å². The molecule has 8 rings (SSSR count). The van der Waals surface area contributed by atoms with Crippen molar-refractivity contribution in [2.24, 2.45) is 0 Å². The van der Waals surface area contributed by atoms with Crippen LogP contribution >= 0.6 is 0 Å². The Kier molecular flexibility index (Phi) is 5.48. The fourth-order valence-corrected chi connectivity index (χ4v) is 6.71. The van der Waals surface area contributed by atoms with Gasteiger partial charge in [0.1, 0.15) is 0 Å². The highest BCUT2D eigenvalue weighted by atomic mass is 15.1. The lowest BCUT2D eigenvalue weighted by molar-refractivity contribution is 0.661. The molecule has 0 fully saturated rings. The van der Waals surface area contributed by atoms with Crippen LogP contribution in [0.25, 0.3) is 44.1 Å². The fourth-order valence-electron chi connectivity index (χ4n) is 6.71. The van der Waals surface area contributed by atoms with Gasteiger partial charge in [-0.1, -0.05) is 92.7 Å². The van der Waals surface area contributed by atoms with Crippen LogP contribution in [0.2, 0.25) is 0 Å². The Balaban J connectivity index is 1.41. The van der Waals surface area contributed by atoms with E-state index in [1.807, 2.05) is 6.07 Å². The summed E-state index contributed by atoms with van der Waals surface area (Å²) in [6, 6.07) is 45.9. The zero-order valence-corrected chi connectivity index (χ0v) is 23.6. The van der Waals surface area contributed by atoms with Gasteiger partial charge in [0.2, 0.25) is 0 Å². The monoisotopic (exact) mass is 539 g/mol. The van der Waals surface area contributed by atoms with E-state index >= 15 is 0 Å². The predicted octanol–water partition coefficient (Wildman–Crippen LogP) is 10.2. The Hall–Kier alpha value is -5.28. The van der Waals surface area contributed by atoms with Gasteiger partial charge in [0.25, 0.3) is 0 Å². The molecule has 1 heterocycles. The molecule has 1 aliphatic rings. The average Bonchev–Trinajstić information content (AvgIpc) is 3.27. The van der Waals surface area contributed by atoms with Crippen LogP contribution in [0.5, 0.6) is 0 Å². The highest BCUT2D eigenvalue weighted by Gasteiger charge is 2.35. The summed E-state index contributed by atoms with van der Waals surface area (Å²) in [5, 5.41) is 4.98. The van der Waals surface area contributed by atoms with Gasteiger partial charge in [-0.15, -0.1) is 0 Å². The molecule has 0 spiro atoms. The minimum absolute atomic E-state index is 0.0691. The number of benzene rings is 6. The molecule has 0 amide bonds. The molecule has 3 heteroatoms. The van der Waals surface area contributed by atoms with Gasteiger partial charge in [0.05, 0.1) is 5.69 Å². The van der Waals surface area contributed by atoms with Crippen LogP contribution in [0.3, 0.4) is 0 Å². The molecule has 200 valence electrons. The summed E-state index contributed by atoms with van der Waals surface area (Å²) in [7, 11) is 0. The fraction of sp³-hybridized carbons (Fsp3) is 0.0769. The molecule has 0 N–H and O–H groups in total. The Morgan fingerprint density at radius 2 is 1.29 bits per heavy atom. The Labute approximate surface area is 245 Å². The molecule has 0 aliphatic heterocycles. The van der Waals surface area contributed by atoms with Gasteiger partial charge in [-0.3, -0.25) is 0 Å². The lowest BCUT2D eigenvalue weighted by Gasteiger charge is -2.28. The van der Waals surface area contributed by atoms with Crippen LogP contribution in [0.15, 0.2) is 140 Å². The van der Waals surface area contributed by atoms with Crippen LogP contribution in [-0.4, -0.2) is 9.97 Å². The first-order valence-electron chi connectivity index (χ1n) is 14.4. The highest BCUT2D eigenvalue weighted by molar-refractivity contribution is 6.16. The second-order valence-electron chi connectivity index (χ2n) is 11.5. The smallest absolute Gasteiger partial charge is 0.159 e. The molecule has 0 bridgehead atoms. The second-order valence-corrected chi connectivity index (χ2v) is 11.5. The number of aromatic nitrogens is 2. The van der Waals surface area contributed by atoms with Gasteiger partial charge in [0.15, 0.2) is 5.82 Å². The van der Waals surface area contributed by atoms with Gasteiger partial charge in [0, 0.05) is 40.1 Å². The molecule has 0 unspecified atom stereocenters. The quantitative estimate of drug-likeness (QED) is 0.208. The van der Waals surface area contributed by atoms with E-state index in [0.29, 0.717) is 5.82 Å². The number of hydrogen-bond acceptors (Lipinski definition) is 3. The Morgan fingerprint density at radius 1 is 0.548 bits per heavy atom. The summed E-state index contributed by atoms with van der Waals surface area (Å²) in [5.41, 5.74) is 9.68. The van der Waals surface area contributed by atoms with Crippen molar-refractivity contribution >= 4 is 38.6 Å². The van der Waals surface area contributed by atoms with E-state index in [-0.39, 0.29) is 5.41 Å². The third-order valence-corrected chi connectivity index (χ3v) is 8.72. The molecule has 7 aromatic rings. The zero-order valence-electron chi connectivity index (χ0n) is 23.6. The number of para-hydroxylation sites is 1. The molecule has 6 aromatic carbocycles. The zero-order chi connectivity index (χ0) is 28.3. The first-order valence-corrected chi connectivity index (χ1v) is 14.4. The number of fused-ring (bicyclic) bond motifs is 6. The normalized spacial score (nSPS) is 13.2. The van der Waals surface area contributed by atoms with E-state index in [4.69, 9.17) is 0 Å². The third kappa shape index (κ3) is 3.74. The summed E-state index contributed by atoms with van der Waals surface area (Å²) in [4.78, 5) is 11.4. The van der Waals surface area contributed by atoms with Gasteiger partial charge in [-0.25, -0.2) is 9.97 Å². The van der Waals surface area contributed by atoms with Crippen molar-refractivity contribution in [3.63, 3.8) is 0 Å². The molecule has 42 heavy (non-hydrogen) atoms. The van der Waals surface area contributed by atoms with Crippen molar-refractivity contribution in [3.8, 4) is 22.5 Å². The largest absolute Gasteiger partial charge is 0.310 e. The molecular weight excluding hydrogens is 510 g/mol. The number of hydrogen-bond donors (Lipinski definition) is 0. The van der Waals surface area contributed by atoms with E-state index in [2.05, 4.69) is 150 Å². The minimum atomic E-state index is -0.0691. The summed E-state index contributed by atoms with van der Waals surface area (Å²) in [6.45, 7) is 4.70. The summed E-state index contributed by atoms with van der Waals surface area (Å²) in [5.74, 6) is 0.716.